The van der Waals surface area contributed by atoms with E-state index in [0.29, 0.717) is 6.04 Å². The van der Waals surface area contributed by atoms with E-state index in [0.717, 1.165) is 31.6 Å². The average Bonchev–Trinajstić information content (AvgIpc) is 2.32. The number of sulfonamides is 1. The zero-order valence-electron chi connectivity index (χ0n) is 10.5. The fourth-order valence-electron chi connectivity index (χ4n) is 2.13. The van der Waals surface area contributed by atoms with Crippen molar-refractivity contribution in [2.45, 2.75) is 23.8 Å². The maximum absolute atomic E-state index is 11.1. The molecule has 1 aliphatic heterocycles. The first-order chi connectivity index (χ1) is 8.45. The minimum Gasteiger partial charge on any atom is -0.382 e. The maximum Gasteiger partial charge on any atom is 0.238 e. The van der Waals surface area contributed by atoms with Gasteiger partial charge >= 0.3 is 0 Å². The summed E-state index contributed by atoms with van der Waals surface area (Å²) in [5.74, 6) is 0. The quantitative estimate of drug-likeness (QED) is 0.852. The number of hydrogen-bond acceptors (Lipinski definition) is 4. The number of benzene rings is 1. The van der Waals surface area contributed by atoms with Crippen LogP contribution in [0.25, 0.3) is 0 Å². The van der Waals surface area contributed by atoms with Crippen LogP contribution in [0.1, 0.15) is 12.8 Å². The Labute approximate surface area is 108 Å². The predicted molar refractivity (Wildman–Crippen MR) is 72.0 cm³/mol. The standard InChI is InChI=1S/C12H19N3O2S/c1-15-8-6-11(7-9-15)14-10-2-4-12(5-3-10)18(13,16)17/h2-5,11,14H,6-9H2,1H3,(H2,13,16,17). The van der Waals surface area contributed by atoms with E-state index in [1.54, 1.807) is 12.1 Å². The van der Waals surface area contributed by atoms with Crippen LogP contribution in [0.4, 0.5) is 5.69 Å². The topological polar surface area (TPSA) is 75.4 Å². The lowest BCUT2D eigenvalue weighted by Gasteiger charge is -2.30. The van der Waals surface area contributed by atoms with Gasteiger partial charge in [0, 0.05) is 11.7 Å². The summed E-state index contributed by atoms with van der Waals surface area (Å²) in [5.41, 5.74) is 0.942. The SMILES string of the molecule is CN1CCC(Nc2ccc(S(N)(=O)=O)cc2)CC1. The van der Waals surface area contributed by atoms with Crippen molar-refractivity contribution in [2.75, 3.05) is 25.5 Å². The molecule has 1 fully saturated rings. The van der Waals surface area contributed by atoms with E-state index in [2.05, 4.69) is 17.3 Å². The van der Waals surface area contributed by atoms with Crippen LogP contribution in [0.15, 0.2) is 29.2 Å². The normalized spacial score (nSPS) is 18.8. The summed E-state index contributed by atoms with van der Waals surface area (Å²) in [6.45, 7) is 2.18. The monoisotopic (exact) mass is 269 g/mol. The van der Waals surface area contributed by atoms with Gasteiger partial charge < -0.3 is 10.2 Å². The molecular formula is C12H19N3O2S. The summed E-state index contributed by atoms with van der Waals surface area (Å²) in [4.78, 5) is 2.46. The van der Waals surface area contributed by atoms with Crippen molar-refractivity contribution in [3.8, 4) is 0 Å². The molecule has 3 N–H and O–H groups in total. The van der Waals surface area contributed by atoms with Crippen molar-refractivity contribution >= 4 is 15.7 Å². The second-order valence-electron chi connectivity index (χ2n) is 4.79. The molecule has 0 spiro atoms. The van der Waals surface area contributed by atoms with Gasteiger partial charge in [0.15, 0.2) is 0 Å². The van der Waals surface area contributed by atoms with Crippen molar-refractivity contribution in [1.29, 1.82) is 0 Å². The van der Waals surface area contributed by atoms with Crippen LogP contribution < -0.4 is 10.5 Å². The number of nitrogens with zero attached hydrogens (tertiary/aromatic N) is 1. The van der Waals surface area contributed by atoms with Gasteiger partial charge in [0.05, 0.1) is 4.90 Å². The first-order valence-corrected chi connectivity index (χ1v) is 7.58. The molecule has 0 bridgehead atoms. The number of nitrogens with one attached hydrogen (secondary N) is 1. The van der Waals surface area contributed by atoms with Gasteiger partial charge in [0.2, 0.25) is 10.0 Å². The molecule has 1 saturated heterocycles. The molecule has 0 atom stereocenters. The van der Waals surface area contributed by atoms with E-state index >= 15 is 0 Å². The van der Waals surface area contributed by atoms with Gasteiger partial charge in [0.1, 0.15) is 0 Å². The van der Waals surface area contributed by atoms with E-state index in [1.807, 2.05) is 0 Å². The fraction of sp³-hybridized carbons (Fsp3) is 0.500. The second-order valence-corrected chi connectivity index (χ2v) is 6.35. The third-order valence-corrected chi connectivity index (χ3v) is 4.20. The fourth-order valence-corrected chi connectivity index (χ4v) is 2.64. The Morgan fingerprint density at radius 1 is 1.22 bits per heavy atom. The smallest absolute Gasteiger partial charge is 0.238 e. The molecule has 6 heteroatoms. The predicted octanol–water partition coefficient (Wildman–Crippen LogP) is 0.840. The highest BCUT2D eigenvalue weighted by atomic mass is 32.2. The van der Waals surface area contributed by atoms with Crippen LogP contribution in [-0.2, 0) is 10.0 Å². The Kier molecular flexibility index (Phi) is 3.89. The largest absolute Gasteiger partial charge is 0.382 e. The molecule has 0 amide bonds. The van der Waals surface area contributed by atoms with Crippen molar-refractivity contribution in [3.05, 3.63) is 24.3 Å². The van der Waals surface area contributed by atoms with Crippen LogP contribution in [0.2, 0.25) is 0 Å². The molecule has 1 aromatic carbocycles. The van der Waals surface area contributed by atoms with Crippen LogP contribution in [0, 0.1) is 0 Å². The molecule has 0 radical (unpaired) electrons. The Morgan fingerprint density at radius 2 is 1.78 bits per heavy atom. The zero-order chi connectivity index (χ0) is 13.2. The average molecular weight is 269 g/mol. The molecular weight excluding hydrogens is 250 g/mol. The lowest BCUT2D eigenvalue weighted by molar-refractivity contribution is 0.264. The molecule has 0 aromatic heterocycles. The summed E-state index contributed by atoms with van der Waals surface area (Å²) in [7, 11) is -1.47. The summed E-state index contributed by atoms with van der Waals surface area (Å²) >= 11 is 0. The van der Waals surface area contributed by atoms with Gasteiger partial charge in [-0.25, -0.2) is 13.6 Å². The first-order valence-electron chi connectivity index (χ1n) is 6.03. The summed E-state index contributed by atoms with van der Waals surface area (Å²) in [6.07, 6.45) is 2.21. The van der Waals surface area contributed by atoms with E-state index in [9.17, 15) is 8.42 Å². The van der Waals surface area contributed by atoms with Crippen molar-refractivity contribution in [3.63, 3.8) is 0 Å². The molecule has 0 unspecified atom stereocenters. The number of nitrogens with two attached hydrogens (primary N) is 1. The van der Waals surface area contributed by atoms with Gasteiger partial charge in [-0.15, -0.1) is 0 Å². The lowest BCUT2D eigenvalue weighted by atomic mass is 10.1. The highest BCUT2D eigenvalue weighted by Gasteiger charge is 2.16. The first kappa shape index (κ1) is 13.3. The Hall–Kier alpha value is -1.11. The van der Waals surface area contributed by atoms with Gasteiger partial charge in [0.25, 0.3) is 0 Å². The molecule has 2 rings (SSSR count). The maximum atomic E-state index is 11.1. The van der Waals surface area contributed by atoms with Gasteiger partial charge in [-0.1, -0.05) is 0 Å². The second kappa shape index (κ2) is 5.26. The van der Waals surface area contributed by atoms with E-state index in [4.69, 9.17) is 5.14 Å². The number of rotatable bonds is 3. The Balaban J connectivity index is 1.98. The number of anilines is 1. The van der Waals surface area contributed by atoms with E-state index in [-0.39, 0.29) is 4.90 Å². The van der Waals surface area contributed by atoms with Crippen molar-refractivity contribution < 1.29 is 8.42 Å². The number of hydrogen-bond donors (Lipinski definition) is 2. The number of primary sulfonamides is 1. The van der Waals surface area contributed by atoms with Crippen LogP contribution >= 0.6 is 0 Å². The van der Waals surface area contributed by atoms with Crippen LogP contribution in [0.5, 0.6) is 0 Å². The molecule has 0 aliphatic carbocycles. The van der Waals surface area contributed by atoms with Gasteiger partial charge in [-0.2, -0.15) is 0 Å². The van der Waals surface area contributed by atoms with Crippen LogP contribution in [0.3, 0.4) is 0 Å². The van der Waals surface area contributed by atoms with E-state index in [1.165, 1.54) is 12.1 Å². The minimum absolute atomic E-state index is 0.149. The number of piperidine rings is 1. The van der Waals surface area contributed by atoms with Crippen molar-refractivity contribution in [1.82, 2.24) is 4.90 Å². The molecule has 0 saturated carbocycles. The molecule has 1 aliphatic rings. The minimum atomic E-state index is -3.59. The zero-order valence-corrected chi connectivity index (χ0v) is 11.3. The van der Waals surface area contributed by atoms with E-state index < -0.39 is 10.0 Å². The lowest BCUT2D eigenvalue weighted by Crippen LogP contribution is -2.36. The third kappa shape index (κ3) is 3.44. The van der Waals surface area contributed by atoms with Gasteiger partial charge in [-0.05, 0) is 57.2 Å². The Morgan fingerprint density at radius 3 is 2.28 bits per heavy atom. The summed E-state index contributed by atoms with van der Waals surface area (Å²) in [5, 5.41) is 8.47. The third-order valence-electron chi connectivity index (χ3n) is 3.27. The summed E-state index contributed by atoms with van der Waals surface area (Å²) in [6, 6.07) is 7.05. The van der Waals surface area contributed by atoms with Crippen LogP contribution in [-0.4, -0.2) is 39.5 Å². The summed E-state index contributed by atoms with van der Waals surface area (Å²) < 4.78 is 22.2. The molecule has 1 heterocycles. The molecule has 18 heavy (non-hydrogen) atoms. The molecule has 5 nitrogen and oxygen atoms in total. The molecule has 1 aromatic rings. The number of likely N-dealkylation sites (tertiary alicyclic amines) is 1. The molecule has 100 valence electrons. The van der Waals surface area contributed by atoms with Crippen molar-refractivity contribution in [2.24, 2.45) is 5.14 Å². The van der Waals surface area contributed by atoms with Gasteiger partial charge in [-0.3, -0.25) is 0 Å². The Bertz CT molecular complexity index is 491. The highest BCUT2D eigenvalue weighted by molar-refractivity contribution is 7.89. The highest BCUT2D eigenvalue weighted by Crippen LogP contribution is 2.17.